The topological polar surface area (TPSA) is 71.0 Å². The van der Waals surface area contributed by atoms with E-state index < -0.39 is 0 Å². The molecule has 0 radical (unpaired) electrons. The van der Waals surface area contributed by atoms with Crippen LogP contribution in [0.15, 0.2) is 48.1 Å². The van der Waals surface area contributed by atoms with Gasteiger partial charge in [0.15, 0.2) is 0 Å². The maximum Gasteiger partial charge on any atom is 0.259 e. The quantitative estimate of drug-likeness (QED) is 0.715. The van der Waals surface area contributed by atoms with Crippen molar-refractivity contribution in [3.63, 3.8) is 0 Å². The highest BCUT2D eigenvalue weighted by molar-refractivity contribution is 7.13. The molecule has 1 N–H and O–H groups in total. The number of benzene rings is 1. The first kappa shape index (κ1) is 17.3. The first-order chi connectivity index (χ1) is 12.1. The van der Waals surface area contributed by atoms with Crippen LogP contribution in [0.2, 0.25) is 5.02 Å². The number of hydrogen-bond acceptors (Lipinski definition) is 6. The number of pyridine rings is 1. The number of nitrogens with one attached hydrogen (secondary N) is 1. The minimum absolute atomic E-state index is 0.250. The lowest BCUT2D eigenvalue weighted by Gasteiger charge is -2.18. The second kappa shape index (κ2) is 8.04. The Labute approximate surface area is 154 Å². The SMILES string of the molecule is CN(CCc1ccc(Cl)cc1)c1ccc(C(=O)Nc2nncs2)cn1. The van der Waals surface area contributed by atoms with Crippen LogP contribution in [0.3, 0.4) is 0 Å². The van der Waals surface area contributed by atoms with E-state index in [1.54, 1.807) is 17.8 Å². The second-order valence-electron chi connectivity index (χ2n) is 5.40. The zero-order valence-electron chi connectivity index (χ0n) is 13.5. The Morgan fingerprint density at radius 1 is 1.24 bits per heavy atom. The second-order valence-corrected chi connectivity index (χ2v) is 6.67. The summed E-state index contributed by atoms with van der Waals surface area (Å²) in [5.41, 5.74) is 3.25. The molecule has 1 aromatic carbocycles. The number of rotatable bonds is 6. The Bertz CT molecular complexity index is 821. The van der Waals surface area contributed by atoms with Gasteiger partial charge in [-0.25, -0.2) is 4.98 Å². The van der Waals surface area contributed by atoms with Crippen molar-refractivity contribution in [1.29, 1.82) is 0 Å². The van der Waals surface area contributed by atoms with E-state index in [-0.39, 0.29) is 5.91 Å². The standard InChI is InChI=1S/C17H16ClN5OS/c1-23(9-8-12-2-5-14(18)6-3-12)15-7-4-13(10-19-15)16(24)21-17-22-20-11-25-17/h2-7,10-11H,8-9H2,1H3,(H,21,22,24). The number of nitrogens with zero attached hydrogens (tertiary/aromatic N) is 4. The van der Waals surface area contributed by atoms with E-state index in [4.69, 9.17) is 11.6 Å². The lowest BCUT2D eigenvalue weighted by atomic mass is 10.1. The van der Waals surface area contributed by atoms with Gasteiger partial charge >= 0.3 is 0 Å². The smallest absolute Gasteiger partial charge is 0.259 e. The monoisotopic (exact) mass is 373 g/mol. The van der Waals surface area contributed by atoms with E-state index in [1.165, 1.54) is 16.9 Å². The first-order valence-electron chi connectivity index (χ1n) is 7.61. The number of likely N-dealkylation sites (N-methyl/N-ethyl adjacent to an activating group) is 1. The summed E-state index contributed by atoms with van der Waals surface area (Å²) in [5, 5.41) is 11.4. The van der Waals surface area contributed by atoms with Crippen molar-refractivity contribution in [2.75, 3.05) is 23.8 Å². The average Bonchev–Trinajstić information content (AvgIpc) is 3.14. The molecule has 3 aromatic rings. The fraction of sp³-hybridized carbons (Fsp3) is 0.176. The van der Waals surface area contributed by atoms with Crippen LogP contribution in [-0.4, -0.2) is 34.7 Å². The average molecular weight is 374 g/mol. The minimum atomic E-state index is -0.250. The molecule has 8 heteroatoms. The van der Waals surface area contributed by atoms with Gasteiger partial charge in [-0.3, -0.25) is 10.1 Å². The zero-order valence-corrected chi connectivity index (χ0v) is 15.1. The van der Waals surface area contributed by atoms with Crippen LogP contribution in [-0.2, 0) is 6.42 Å². The Morgan fingerprint density at radius 2 is 2.04 bits per heavy atom. The highest BCUT2D eigenvalue weighted by Gasteiger charge is 2.10. The van der Waals surface area contributed by atoms with Crippen molar-refractivity contribution in [3.05, 3.63) is 64.3 Å². The van der Waals surface area contributed by atoms with Crippen LogP contribution in [0.25, 0.3) is 0 Å². The first-order valence-corrected chi connectivity index (χ1v) is 8.87. The van der Waals surface area contributed by atoms with Gasteiger partial charge in [0.05, 0.1) is 5.56 Å². The molecule has 0 fully saturated rings. The van der Waals surface area contributed by atoms with Crippen molar-refractivity contribution in [2.45, 2.75) is 6.42 Å². The molecular formula is C17H16ClN5OS. The predicted octanol–water partition coefficient (Wildman–Crippen LogP) is 3.52. The normalized spacial score (nSPS) is 10.5. The van der Waals surface area contributed by atoms with Crippen LogP contribution >= 0.6 is 22.9 Å². The molecule has 0 aliphatic rings. The van der Waals surface area contributed by atoms with E-state index in [0.29, 0.717) is 10.7 Å². The lowest BCUT2D eigenvalue weighted by Crippen LogP contribution is -2.21. The van der Waals surface area contributed by atoms with Crippen molar-refractivity contribution in [1.82, 2.24) is 15.2 Å². The number of anilines is 2. The number of carbonyl (C=O) groups excluding carboxylic acids is 1. The maximum atomic E-state index is 12.1. The highest BCUT2D eigenvalue weighted by atomic mass is 35.5. The highest BCUT2D eigenvalue weighted by Crippen LogP contribution is 2.14. The van der Waals surface area contributed by atoms with Gasteiger partial charge < -0.3 is 4.90 Å². The summed E-state index contributed by atoms with van der Waals surface area (Å²) in [6, 6.07) is 11.4. The molecule has 0 bridgehead atoms. The summed E-state index contributed by atoms with van der Waals surface area (Å²) in [6.07, 6.45) is 2.44. The third kappa shape index (κ3) is 4.74. The molecule has 128 valence electrons. The fourth-order valence-corrected chi connectivity index (χ4v) is 2.77. The number of halogens is 1. The molecule has 0 atom stereocenters. The molecule has 2 heterocycles. The van der Waals surface area contributed by atoms with E-state index >= 15 is 0 Å². The molecule has 1 amide bonds. The third-order valence-electron chi connectivity index (χ3n) is 3.63. The summed E-state index contributed by atoms with van der Waals surface area (Å²) in [5.74, 6) is 0.557. The summed E-state index contributed by atoms with van der Waals surface area (Å²) < 4.78 is 0. The molecule has 0 aliphatic heterocycles. The van der Waals surface area contributed by atoms with E-state index in [1.807, 2.05) is 42.3 Å². The predicted molar refractivity (Wildman–Crippen MR) is 101 cm³/mol. The third-order valence-corrected chi connectivity index (χ3v) is 4.49. The van der Waals surface area contributed by atoms with Crippen LogP contribution in [0.1, 0.15) is 15.9 Å². The van der Waals surface area contributed by atoms with E-state index in [2.05, 4.69) is 20.5 Å². The van der Waals surface area contributed by atoms with Crippen molar-refractivity contribution in [2.24, 2.45) is 0 Å². The molecule has 25 heavy (non-hydrogen) atoms. The van der Waals surface area contributed by atoms with Gasteiger partial charge in [-0.1, -0.05) is 35.1 Å². The van der Waals surface area contributed by atoms with Crippen LogP contribution < -0.4 is 10.2 Å². The van der Waals surface area contributed by atoms with Gasteiger partial charge in [-0.15, -0.1) is 10.2 Å². The lowest BCUT2D eigenvalue weighted by molar-refractivity contribution is 0.102. The van der Waals surface area contributed by atoms with Gasteiger partial charge in [-0.05, 0) is 36.2 Å². The minimum Gasteiger partial charge on any atom is -0.359 e. The number of aromatic nitrogens is 3. The van der Waals surface area contributed by atoms with Crippen molar-refractivity contribution >= 4 is 39.8 Å². The van der Waals surface area contributed by atoms with Crippen molar-refractivity contribution < 1.29 is 4.79 Å². The maximum absolute atomic E-state index is 12.1. The Balaban J connectivity index is 1.57. The Morgan fingerprint density at radius 3 is 2.68 bits per heavy atom. The zero-order chi connectivity index (χ0) is 17.6. The van der Waals surface area contributed by atoms with Gasteiger partial charge in [0.1, 0.15) is 11.3 Å². The molecule has 6 nitrogen and oxygen atoms in total. The van der Waals surface area contributed by atoms with Crippen LogP contribution in [0.4, 0.5) is 10.9 Å². The molecule has 0 saturated carbocycles. The van der Waals surface area contributed by atoms with Gasteiger partial charge in [-0.2, -0.15) is 0 Å². The van der Waals surface area contributed by atoms with E-state index in [0.717, 1.165) is 23.8 Å². The van der Waals surface area contributed by atoms with Crippen LogP contribution in [0, 0.1) is 0 Å². The Kier molecular flexibility index (Phi) is 5.57. The fourth-order valence-electron chi connectivity index (χ4n) is 2.21. The summed E-state index contributed by atoms with van der Waals surface area (Å²) in [7, 11) is 1.97. The summed E-state index contributed by atoms with van der Waals surface area (Å²) in [6.45, 7) is 0.810. The molecule has 0 aliphatic carbocycles. The van der Waals surface area contributed by atoms with Crippen molar-refractivity contribution in [3.8, 4) is 0 Å². The summed E-state index contributed by atoms with van der Waals surface area (Å²) in [4.78, 5) is 18.5. The molecular weight excluding hydrogens is 358 g/mol. The number of hydrogen-bond donors (Lipinski definition) is 1. The van der Waals surface area contributed by atoms with Crippen LogP contribution in [0.5, 0.6) is 0 Å². The largest absolute Gasteiger partial charge is 0.359 e. The molecule has 3 rings (SSSR count). The Hall–Kier alpha value is -2.51. The molecule has 0 unspecified atom stereocenters. The van der Waals surface area contributed by atoms with E-state index in [9.17, 15) is 4.79 Å². The number of amides is 1. The number of carbonyl (C=O) groups is 1. The molecule has 0 saturated heterocycles. The molecule has 0 spiro atoms. The summed E-state index contributed by atoms with van der Waals surface area (Å²) >= 11 is 7.16. The van der Waals surface area contributed by atoms with Gasteiger partial charge in [0, 0.05) is 24.8 Å². The molecule has 2 aromatic heterocycles. The van der Waals surface area contributed by atoms with Gasteiger partial charge in [0.25, 0.3) is 5.91 Å². The van der Waals surface area contributed by atoms with Gasteiger partial charge in [0.2, 0.25) is 5.13 Å².